The summed E-state index contributed by atoms with van der Waals surface area (Å²) in [5.41, 5.74) is 3.33. The summed E-state index contributed by atoms with van der Waals surface area (Å²) < 4.78 is 0. The predicted octanol–water partition coefficient (Wildman–Crippen LogP) is 2.15. The molecule has 1 heterocycles. The molecule has 0 spiro atoms. The molecule has 124 valence electrons. The Hall–Kier alpha value is -2.24. The first-order valence-corrected chi connectivity index (χ1v) is 8.25. The van der Waals surface area contributed by atoms with Crippen molar-refractivity contribution in [1.29, 1.82) is 0 Å². The Morgan fingerprint density at radius 3 is 2.57 bits per heavy atom. The van der Waals surface area contributed by atoms with Gasteiger partial charge in [-0.3, -0.25) is 14.6 Å². The van der Waals surface area contributed by atoms with E-state index < -0.39 is 0 Å². The quantitative estimate of drug-likeness (QED) is 0.597. The predicted molar refractivity (Wildman–Crippen MR) is 88.8 cm³/mol. The van der Waals surface area contributed by atoms with Gasteiger partial charge in [0.2, 0.25) is 11.8 Å². The Balaban J connectivity index is 1.57. The second-order valence-electron chi connectivity index (χ2n) is 5.83. The van der Waals surface area contributed by atoms with Crippen LogP contribution in [0.4, 0.5) is 0 Å². The summed E-state index contributed by atoms with van der Waals surface area (Å²) in [6.07, 6.45) is 11.9. The van der Waals surface area contributed by atoms with Gasteiger partial charge in [-0.2, -0.15) is 5.10 Å². The van der Waals surface area contributed by atoms with Crippen molar-refractivity contribution in [1.82, 2.24) is 15.7 Å². The van der Waals surface area contributed by atoms with Crippen LogP contribution in [0.3, 0.4) is 0 Å². The van der Waals surface area contributed by atoms with Gasteiger partial charge in [0.1, 0.15) is 0 Å². The number of carbonyl (C=O) groups excluding carboxylic acids is 2. The molecule has 6 heteroatoms. The molecular formula is C17H24N4O2. The van der Waals surface area contributed by atoms with E-state index in [1.165, 1.54) is 19.3 Å². The van der Waals surface area contributed by atoms with E-state index in [-0.39, 0.29) is 11.8 Å². The molecule has 0 radical (unpaired) electrons. The van der Waals surface area contributed by atoms with E-state index in [9.17, 15) is 9.59 Å². The number of pyridine rings is 1. The lowest BCUT2D eigenvalue weighted by Crippen LogP contribution is -2.36. The highest BCUT2D eigenvalue weighted by atomic mass is 16.2. The Labute approximate surface area is 136 Å². The number of nitrogens with one attached hydrogen (secondary N) is 2. The Morgan fingerprint density at radius 1 is 1.13 bits per heavy atom. The first-order valence-electron chi connectivity index (χ1n) is 8.25. The molecule has 0 saturated heterocycles. The first-order chi connectivity index (χ1) is 11.2. The minimum absolute atomic E-state index is 0.0463. The average Bonchev–Trinajstić information content (AvgIpc) is 2.57. The van der Waals surface area contributed by atoms with Gasteiger partial charge in [-0.05, 0) is 37.0 Å². The minimum Gasteiger partial charge on any atom is -0.353 e. The van der Waals surface area contributed by atoms with Crippen LogP contribution in [0, 0.1) is 0 Å². The lowest BCUT2D eigenvalue weighted by Gasteiger charge is -2.22. The fourth-order valence-corrected chi connectivity index (χ4v) is 2.64. The summed E-state index contributed by atoms with van der Waals surface area (Å²) >= 11 is 0. The van der Waals surface area contributed by atoms with Gasteiger partial charge < -0.3 is 5.32 Å². The zero-order valence-electron chi connectivity index (χ0n) is 13.3. The monoisotopic (exact) mass is 316 g/mol. The van der Waals surface area contributed by atoms with E-state index in [4.69, 9.17) is 0 Å². The topological polar surface area (TPSA) is 83.5 Å². The molecule has 0 aliphatic heterocycles. The maximum absolute atomic E-state index is 11.8. The summed E-state index contributed by atoms with van der Waals surface area (Å²) in [5, 5.41) is 6.93. The third kappa shape index (κ3) is 7.04. The van der Waals surface area contributed by atoms with Crippen LogP contribution in [-0.4, -0.2) is 29.1 Å². The van der Waals surface area contributed by atoms with Crippen molar-refractivity contribution < 1.29 is 9.59 Å². The summed E-state index contributed by atoms with van der Waals surface area (Å²) in [5.74, 6) is -0.134. The van der Waals surface area contributed by atoms with E-state index in [0.29, 0.717) is 25.3 Å². The summed E-state index contributed by atoms with van der Waals surface area (Å²) in [6.45, 7) is 0. The molecule has 1 aromatic heterocycles. The number of hydrazone groups is 1. The van der Waals surface area contributed by atoms with Crippen molar-refractivity contribution >= 4 is 18.0 Å². The molecule has 1 aliphatic carbocycles. The number of hydrogen-bond donors (Lipinski definition) is 2. The SMILES string of the molecule is O=C(CCCC(=O)NC1CCCCC1)N/N=C/c1ccncc1. The first kappa shape index (κ1) is 17.1. The number of amides is 2. The van der Waals surface area contributed by atoms with E-state index >= 15 is 0 Å². The molecular weight excluding hydrogens is 292 g/mol. The van der Waals surface area contributed by atoms with Crippen molar-refractivity contribution in [2.45, 2.75) is 57.4 Å². The largest absolute Gasteiger partial charge is 0.353 e. The zero-order chi connectivity index (χ0) is 16.3. The third-order valence-electron chi connectivity index (χ3n) is 3.89. The van der Waals surface area contributed by atoms with Crippen LogP contribution in [0.5, 0.6) is 0 Å². The van der Waals surface area contributed by atoms with Crippen LogP contribution in [0.15, 0.2) is 29.6 Å². The minimum atomic E-state index is -0.180. The molecule has 1 aliphatic rings. The van der Waals surface area contributed by atoms with Crippen LogP contribution < -0.4 is 10.7 Å². The van der Waals surface area contributed by atoms with Crippen molar-refractivity contribution in [3.05, 3.63) is 30.1 Å². The lowest BCUT2D eigenvalue weighted by atomic mass is 9.95. The molecule has 2 amide bonds. The molecule has 1 aromatic rings. The number of rotatable bonds is 7. The van der Waals surface area contributed by atoms with Gasteiger partial charge in [-0.15, -0.1) is 0 Å². The third-order valence-corrected chi connectivity index (χ3v) is 3.89. The molecule has 2 N–H and O–H groups in total. The van der Waals surface area contributed by atoms with E-state index in [2.05, 4.69) is 20.8 Å². The smallest absolute Gasteiger partial charge is 0.240 e. The maximum atomic E-state index is 11.8. The Bertz CT molecular complexity index is 525. The number of hydrogen-bond acceptors (Lipinski definition) is 4. The van der Waals surface area contributed by atoms with Crippen molar-refractivity contribution in [2.24, 2.45) is 5.10 Å². The van der Waals surface area contributed by atoms with Crippen molar-refractivity contribution in [3.63, 3.8) is 0 Å². The molecule has 1 saturated carbocycles. The van der Waals surface area contributed by atoms with Gasteiger partial charge >= 0.3 is 0 Å². The highest BCUT2D eigenvalue weighted by molar-refractivity contribution is 5.82. The van der Waals surface area contributed by atoms with E-state index in [0.717, 1.165) is 18.4 Å². The Kier molecular flexibility index (Phi) is 7.23. The van der Waals surface area contributed by atoms with Crippen LogP contribution in [0.25, 0.3) is 0 Å². The second-order valence-corrected chi connectivity index (χ2v) is 5.83. The molecule has 0 atom stereocenters. The van der Waals surface area contributed by atoms with Crippen LogP contribution in [-0.2, 0) is 9.59 Å². The average molecular weight is 316 g/mol. The van der Waals surface area contributed by atoms with Gasteiger partial charge in [-0.25, -0.2) is 5.43 Å². The summed E-state index contributed by atoms with van der Waals surface area (Å²) in [7, 11) is 0. The molecule has 2 rings (SSSR count). The van der Waals surface area contributed by atoms with Gasteiger partial charge in [0, 0.05) is 31.3 Å². The van der Waals surface area contributed by atoms with E-state index in [1.807, 2.05) is 0 Å². The molecule has 0 bridgehead atoms. The van der Waals surface area contributed by atoms with Gasteiger partial charge in [0.15, 0.2) is 0 Å². The maximum Gasteiger partial charge on any atom is 0.240 e. The Morgan fingerprint density at radius 2 is 1.83 bits per heavy atom. The van der Waals surface area contributed by atoms with E-state index in [1.54, 1.807) is 30.7 Å². The molecule has 0 unspecified atom stereocenters. The van der Waals surface area contributed by atoms with Gasteiger partial charge in [0.05, 0.1) is 6.21 Å². The van der Waals surface area contributed by atoms with Gasteiger partial charge in [0.25, 0.3) is 0 Å². The number of nitrogens with zero attached hydrogens (tertiary/aromatic N) is 2. The van der Waals surface area contributed by atoms with Crippen molar-refractivity contribution in [2.75, 3.05) is 0 Å². The second kappa shape index (κ2) is 9.71. The standard InChI is InChI=1S/C17H24N4O2/c22-16(20-15-5-2-1-3-6-15)7-4-8-17(23)21-19-13-14-9-11-18-12-10-14/h9-13,15H,1-8H2,(H,20,22)(H,21,23)/b19-13+. The molecule has 23 heavy (non-hydrogen) atoms. The van der Waals surface area contributed by atoms with Crippen LogP contribution in [0.2, 0.25) is 0 Å². The van der Waals surface area contributed by atoms with Crippen LogP contribution >= 0.6 is 0 Å². The molecule has 0 aromatic carbocycles. The zero-order valence-corrected chi connectivity index (χ0v) is 13.3. The molecule has 6 nitrogen and oxygen atoms in total. The highest BCUT2D eigenvalue weighted by Crippen LogP contribution is 2.17. The van der Waals surface area contributed by atoms with Gasteiger partial charge in [-0.1, -0.05) is 19.3 Å². The fraction of sp³-hybridized carbons (Fsp3) is 0.529. The number of aromatic nitrogens is 1. The molecule has 1 fully saturated rings. The normalized spacial score (nSPS) is 15.5. The number of carbonyl (C=O) groups is 2. The summed E-state index contributed by atoms with van der Waals surface area (Å²) in [4.78, 5) is 27.3. The summed E-state index contributed by atoms with van der Waals surface area (Å²) in [6, 6.07) is 3.92. The van der Waals surface area contributed by atoms with Crippen molar-refractivity contribution in [3.8, 4) is 0 Å². The highest BCUT2D eigenvalue weighted by Gasteiger charge is 2.15. The lowest BCUT2D eigenvalue weighted by molar-refractivity contribution is -0.122. The fourth-order valence-electron chi connectivity index (χ4n) is 2.64. The van der Waals surface area contributed by atoms with Crippen LogP contribution in [0.1, 0.15) is 56.9 Å².